The third kappa shape index (κ3) is 2.75. The Balaban J connectivity index is 1.82. The van der Waals surface area contributed by atoms with E-state index in [-0.39, 0.29) is 5.91 Å². The van der Waals surface area contributed by atoms with Crippen LogP contribution in [0.25, 0.3) is 10.9 Å². The number of carbonyl (C=O) groups is 1. The van der Waals surface area contributed by atoms with E-state index in [9.17, 15) is 4.79 Å². The third-order valence-corrected chi connectivity index (χ3v) is 4.89. The predicted molar refractivity (Wildman–Crippen MR) is 90.1 cm³/mol. The van der Waals surface area contributed by atoms with Crippen LogP contribution in [0.4, 0.5) is 0 Å². The molecule has 22 heavy (non-hydrogen) atoms. The highest BCUT2D eigenvalue weighted by Gasteiger charge is 2.24. The number of benzene rings is 1. The van der Waals surface area contributed by atoms with Gasteiger partial charge in [-0.3, -0.25) is 4.79 Å². The molecule has 1 aliphatic rings. The van der Waals surface area contributed by atoms with E-state index in [0.717, 1.165) is 42.5 Å². The van der Waals surface area contributed by atoms with E-state index >= 15 is 0 Å². The first-order chi connectivity index (χ1) is 10.6. The van der Waals surface area contributed by atoms with Crippen molar-refractivity contribution in [2.24, 2.45) is 7.05 Å². The minimum atomic E-state index is 0.165. The van der Waals surface area contributed by atoms with Crippen LogP contribution in [0.3, 0.4) is 0 Å². The van der Waals surface area contributed by atoms with Gasteiger partial charge in [-0.15, -0.1) is 0 Å². The van der Waals surface area contributed by atoms with E-state index in [1.165, 1.54) is 6.42 Å². The Morgan fingerprint density at radius 2 is 1.95 bits per heavy atom. The van der Waals surface area contributed by atoms with Gasteiger partial charge in [0.15, 0.2) is 0 Å². The molecular weight excluding hydrogens is 274 g/mol. The van der Waals surface area contributed by atoms with Crippen molar-refractivity contribution in [3.8, 4) is 0 Å². The molecule has 1 amide bonds. The van der Waals surface area contributed by atoms with Crippen molar-refractivity contribution in [3.63, 3.8) is 0 Å². The van der Waals surface area contributed by atoms with Crippen LogP contribution in [0.5, 0.6) is 0 Å². The van der Waals surface area contributed by atoms with Crippen LogP contribution in [0.1, 0.15) is 29.8 Å². The molecule has 0 spiro atoms. The first-order valence-electron chi connectivity index (χ1n) is 8.08. The molecule has 1 aromatic carbocycles. The number of aromatic nitrogens is 1. The average molecular weight is 299 g/mol. The van der Waals surface area contributed by atoms with E-state index in [4.69, 9.17) is 0 Å². The van der Waals surface area contributed by atoms with Crippen molar-refractivity contribution in [2.45, 2.75) is 25.3 Å². The topological polar surface area (TPSA) is 28.5 Å². The number of aryl methyl sites for hydroxylation is 1. The SMILES string of the molecule is CN(C)C1CCCN(C(=O)c2cc3ccccc3n2C)CC1. The molecular formula is C18H25N3O. The van der Waals surface area contributed by atoms with Gasteiger partial charge in [-0.2, -0.15) is 0 Å². The minimum Gasteiger partial charge on any atom is -0.340 e. The number of amides is 1. The van der Waals surface area contributed by atoms with Gasteiger partial charge in [-0.1, -0.05) is 18.2 Å². The number of carbonyl (C=O) groups excluding carboxylic acids is 1. The standard InChI is InChI=1S/C18H25N3O/c1-19(2)15-8-6-11-21(12-10-15)18(22)17-13-14-7-4-5-9-16(14)20(17)3/h4-5,7,9,13,15H,6,8,10-12H2,1-3H3. The number of hydrogen-bond donors (Lipinski definition) is 0. The van der Waals surface area contributed by atoms with Crippen molar-refractivity contribution in [3.05, 3.63) is 36.0 Å². The highest BCUT2D eigenvalue weighted by Crippen LogP contribution is 2.21. The van der Waals surface area contributed by atoms with Crippen LogP contribution >= 0.6 is 0 Å². The van der Waals surface area contributed by atoms with Crippen LogP contribution in [-0.2, 0) is 7.05 Å². The highest BCUT2D eigenvalue weighted by molar-refractivity contribution is 5.98. The summed E-state index contributed by atoms with van der Waals surface area (Å²) in [5.41, 5.74) is 1.91. The van der Waals surface area contributed by atoms with Crippen molar-refractivity contribution >= 4 is 16.8 Å². The first-order valence-corrected chi connectivity index (χ1v) is 8.08. The van der Waals surface area contributed by atoms with Gasteiger partial charge in [-0.25, -0.2) is 0 Å². The molecule has 2 aromatic rings. The number of fused-ring (bicyclic) bond motifs is 1. The summed E-state index contributed by atoms with van der Waals surface area (Å²) in [6.07, 6.45) is 3.31. The fourth-order valence-corrected chi connectivity index (χ4v) is 3.45. The van der Waals surface area contributed by atoms with Crippen molar-refractivity contribution < 1.29 is 4.79 Å². The van der Waals surface area contributed by atoms with E-state index < -0.39 is 0 Å². The number of nitrogens with zero attached hydrogens (tertiary/aromatic N) is 3. The van der Waals surface area contributed by atoms with Crippen LogP contribution in [0.2, 0.25) is 0 Å². The molecule has 1 atom stereocenters. The Labute approximate surface area is 132 Å². The summed E-state index contributed by atoms with van der Waals surface area (Å²) in [6, 6.07) is 10.8. The second kappa shape index (κ2) is 6.13. The Morgan fingerprint density at radius 3 is 2.68 bits per heavy atom. The molecule has 0 radical (unpaired) electrons. The lowest BCUT2D eigenvalue weighted by Gasteiger charge is -2.23. The fraction of sp³-hybridized carbons (Fsp3) is 0.500. The summed E-state index contributed by atoms with van der Waals surface area (Å²) in [5.74, 6) is 0.165. The van der Waals surface area contributed by atoms with Gasteiger partial charge < -0.3 is 14.4 Å². The third-order valence-electron chi connectivity index (χ3n) is 4.89. The maximum atomic E-state index is 12.9. The molecule has 1 aliphatic heterocycles. The molecule has 3 rings (SSSR count). The summed E-state index contributed by atoms with van der Waals surface area (Å²) in [5, 5.41) is 1.13. The lowest BCUT2D eigenvalue weighted by molar-refractivity contribution is 0.0749. The van der Waals surface area contributed by atoms with Gasteiger partial charge >= 0.3 is 0 Å². The number of hydrogen-bond acceptors (Lipinski definition) is 2. The number of para-hydroxylation sites is 1. The largest absolute Gasteiger partial charge is 0.340 e. The van der Waals surface area contributed by atoms with Gasteiger partial charge in [0.1, 0.15) is 5.69 Å². The lowest BCUT2D eigenvalue weighted by atomic mass is 10.1. The maximum Gasteiger partial charge on any atom is 0.270 e. The lowest BCUT2D eigenvalue weighted by Crippen LogP contribution is -2.34. The second-order valence-corrected chi connectivity index (χ2v) is 6.49. The molecule has 0 N–H and O–H groups in total. The molecule has 0 bridgehead atoms. The van der Waals surface area contributed by atoms with E-state index in [0.29, 0.717) is 6.04 Å². The van der Waals surface area contributed by atoms with Gasteiger partial charge in [0.2, 0.25) is 0 Å². The highest BCUT2D eigenvalue weighted by atomic mass is 16.2. The van der Waals surface area contributed by atoms with Gasteiger partial charge in [0, 0.05) is 37.1 Å². The second-order valence-electron chi connectivity index (χ2n) is 6.49. The fourth-order valence-electron chi connectivity index (χ4n) is 3.45. The van der Waals surface area contributed by atoms with E-state index in [1.54, 1.807) is 0 Å². The zero-order valence-corrected chi connectivity index (χ0v) is 13.7. The molecule has 4 nitrogen and oxygen atoms in total. The van der Waals surface area contributed by atoms with Gasteiger partial charge in [-0.05, 0) is 45.5 Å². The summed E-state index contributed by atoms with van der Waals surface area (Å²) in [4.78, 5) is 17.2. The van der Waals surface area contributed by atoms with E-state index in [2.05, 4.69) is 31.1 Å². The minimum absolute atomic E-state index is 0.165. The Kier molecular flexibility index (Phi) is 4.21. The molecule has 1 unspecified atom stereocenters. The average Bonchev–Trinajstić information content (AvgIpc) is 2.71. The first kappa shape index (κ1) is 15.1. The summed E-state index contributed by atoms with van der Waals surface area (Å²) in [6.45, 7) is 1.72. The van der Waals surface area contributed by atoms with Crippen LogP contribution in [-0.4, -0.2) is 53.5 Å². The van der Waals surface area contributed by atoms with Crippen molar-refractivity contribution in [1.82, 2.24) is 14.4 Å². The Hall–Kier alpha value is -1.81. The molecule has 4 heteroatoms. The Bertz CT molecular complexity index is 674. The molecule has 2 heterocycles. The maximum absolute atomic E-state index is 12.9. The Morgan fingerprint density at radius 1 is 1.18 bits per heavy atom. The van der Waals surface area contributed by atoms with Gasteiger partial charge in [0.05, 0.1) is 0 Å². The molecule has 0 aliphatic carbocycles. The summed E-state index contributed by atoms with van der Waals surface area (Å²) in [7, 11) is 6.24. The van der Waals surface area contributed by atoms with E-state index in [1.807, 2.05) is 34.7 Å². The quantitative estimate of drug-likeness (QED) is 0.853. The zero-order chi connectivity index (χ0) is 15.7. The molecule has 1 saturated heterocycles. The summed E-state index contributed by atoms with van der Waals surface area (Å²) < 4.78 is 2.02. The molecule has 1 aromatic heterocycles. The normalized spacial score (nSPS) is 19.6. The van der Waals surface area contributed by atoms with Crippen molar-refractivity contribution in [2.75, 3.05) is 27.2 Å². The van der Waals surface area contributed by atoms with Gasteiger partial charge in [0.25, 0.3) is 5.91 Å². The van der Waals surface area contributed by atoms with Crippen LogP contribution in [0.15, 0.2) is 30.3 Å². The van der Waals surface area contributed by atoms with Crippen molar-refractivity contribution in [1.29, 1.82) is 0 Å². The smallest absolute Gasteiger partial charge is 0.270 e. The van der Waals surface area contributed by atoms with Crippen LogP contribution < -0.4 is 0 Å². The molecule has 118 valence electrons. The molecule has 0 saturated carbocycles. The predicted octanol–water partition coefficient (Wildman–Crippen LogP) is 2.73. The number of rotatable bonds is 2. The zero-order valence-electron chi connectivity index (χ0n) is 13.7. The van der Waals surface area contributed by atoms with Crippen LogP contribution in [0, 0.1) is 0 Å². The molecule has 1 fully saturated rings. The summed E-state index contributed by atoms with van der Waals surface area (Å²) >= 11 is 0. The number of likely N-dealkylation sites (tertiary alicyclic amines) is 1. The monoisotopic (exact) mass is 299 g/mol.